The molecule has 1 amide bonds. The van der Waals surface area contributed by atoms with Crippen molar-refractivity contribution >= 4 is 11.7 Å². The maximum Gasteiger partial charge on any atom is 0.273 e. The van der Waals surface area contributed by atoms with Crippen molar-refractivity contribution in [3.8, 4) is 0 Å². The van der Waals surface area contributed by atoms with Crippen molar-refractivity contribution in [1.29, 1.82) is 0 Å². The van der Waals surface area contributed by atoms with Gasteiger partial charge in [-0.15, -0.1) is 0 Å². The van der Waals surface area contributed by atoms with E-state index in [-0.39, 0.29) is 12.0 Å². The number of aliphatic hydroxyl groups excluding tert-OH is 1. The molecule has 1 aliphatic carbocycles. The summed E-state index contributed by atoms with van der Waals surface area (Å²) in [6.07, 6.45) is 4.38. The Morgan fingerprint density at radius 1 is 1.50 bits per heavy atom. The van der Waals surface area contributed by atoms with Crippen molar-refractivity contribution in [2.24, 2.45) is 5.92 Å². The highest BCUT2D eigenvalue weighted by molar-refractivity contribution is 5.91. The summed E-state index contributed by atoms with van der Waals surface area (Å²) in [6, 6.07) is 0. The molecule has 0 unspecified atom stereocenters. The molecular formula is C12H18N4O2. The quantitative estimate of drug-likeness (QED) is 0.806. The number of aromatic nitrogens is 2. The zero-order valence-corrected chi connectivity index (χ0v) is 10.6. The molecule has 1 heterocycles. The molecule has 1 aliphatic rings. The maximum absolute atomic E-state index is 12.0. The summed E-state index contributed by atoms with van der Waals surface area (Å²) in [5.41, 5.74) is 0.344. The van der Waals surface area contributed by atoms with E-state index in [2.05, 4.69) is 15.3 Å². The van der Waals surface area contributed by atoms with E-state index < -0.39 is 0 Å². The second-order valence-electron chi connectivity index (χ2n) is 4.71. The summed E-state index contributed by atoms with van der Waals surface area (Å²) in [6.45, 7) is 0.658. The van der Waals surface area contributed by atoms with E-state index in [0.717, 1.165) is 12.8 Å². The number of hydrogen-bond donors (Lipinski definition) is 2. The molecule has 1 aromatic heterocycles. The van der Waals surface area contributed by atoms with E-state index in [1.165, 1.54) is 12.4 Å². The molecule has 2 rings (SSSR count). The summed E-state index contributed by atoms with van der Waals surface area (Å²) in [5, 5.41) is 12.1. The van der Waals surface area contributed by atoms with E-state index >= 15 is 0 Å². The van der Waals surface area contributed by atoms with E-state index in [1.54, 1.807) is 19.0 Å². The molecule has 0 radical (unpaired) electrons. The van der Waals surface area contributed by atoms with Crippen LogP contribution in [0.2, 0.25) is 0 Å². The largest absolute Gasteiger partial charge is 0.393 e. The van der Waals surface area contributed by atoms with Crippen LogP contribution in [0.4, 0.5) is 5.82 Å². The van der Waals surface area contributed by atoms with Crippen molar-refractivity contribution in [2.75, 3.05) is 26.0 Å². The molecule has 98 valence electrons. The number of nitrogens with one attached hydrogen (secondary N) is 1. The molecule has 18 heavy (non-hydrogen) atoms. The highest BCUT2D eigenvalue weighted by Crippen LogP contribution is 2.27. The van der Waals surface area contributed by atoms with E-state index in [1.807, 2.05) is 0 Å². The number of hydrogen-bond acceptors (Lipinski definition) is 5. The first kappa shape index (κ1) is 12.8. The van der Waals surface area contributed by atoms with Gasteiger partial charge in [-0.1, -0.05) is 0 Å². The Hall–Kier alpha value is -1.69. The minimum atomic E-state index is -0.187. The molecule has 1 fully saturated rings. The van der Waals surface area contributed by atoms with E-state index in [0.29, 0.717) is 24.0 Å². The first-order valence-corrected chi connectivity index (χ1v) is 6.03. The Morgan fingerprint density at radius 3 is 2.72 bits per heavy atom. The Kier molecular flexibility index (Phi) is 3.76. The Bertz CT molecular complexity index is 415. The highest BCUT2D eigenvalue weighted by Gasteiger charge is 2.29. The lowest BCUT2D eigenvalue weighted by molar-refractivity contribution is 0.0264. The van der Waals surface area contributed by atoms with Crippen LogP contribution in [0.1, 0.15) is 23.3 Å². The van der Waals surface area contributed by atoms with Gasteiger partial charge in [-0.05, 0) is 18.8 Å². The van der Waals surface area contributed by atoms with Crippen LogP contribution < -0.4 is 5.32 Å². The van der Waals surface area contributed by atoms with Gasteiger partial charge in [-0.3, -0.25) is 4.79 Å². The van der Waals surface area contributed by atoms with Crippen molar-refractivity contribution in [2.45, 2.75) is 18.9 Å². The maximum atomic E-state index is 12.0. The smallest absolute Gasteiger partial charge is 0.273 e. The summed E-state index contributed by atoms with van der Waals surface area (Å²) in [4.78, 5) is 21.8. The van der Waals surface area contributed by atoms with Gasteiger partial charge in [0.15, 0.2) is 0 Å². The van der Waals surface area contributed by atoms with Gasteiger partial charge in [0.1, 0.15) is 11.5 Å². The molecule has 0 spiro atoms. The first-order chi connectivity index (χ1) is 8.60. The van der Waals surface area contributed by atoms with Crippen molar-refractivity contribution in [1.82, 2.24) is 14.9 Å². The predicted octanol–water partition coefficient (Wildman–Crippen LogP) is 0.361. The van der Waals surface area contributed by atoms with Crippen LogP contribution in [0.15, 0.2) is 12.4 Å². The van der Waals surface area contributed by atoms with Crippen LogP contribution >= 0.6 is 0 Å². The fraction of sp³-hybridized carbons (Fsp3) is 0.583. The number of rotatable bonds is 4. The van der Waals surface area contributed by atoms with Crippen LogP contribution in [0.25, 0.3) is 0 Å². The molecule has 0 saturated heterocycles. The molecule has 1 saturated carbocycles. The Balaban J connectivity index is 1.92. The topological polar surface area (TPSA) is 78.4 Å². The number of carbonyl (C=O) groups excluding carboxylic acids is 1. The monoisotopic (exact) mass is 250 g/mol. The zero-order chi connectivity index (χ0) is 13.1. The lowest BCUT2D eigenvalue weighted by atomic mass is 9.82. The van der Waals surface area contributed by atoms with Crippen molar-refractivity contribution < 1.29 is 9.90 Å². The number of amides is 1. The van der Waals surface area contributed by atoms with Crippen molar-refractivity contribution in [3.63, 3.8) is 0 Å². The molecule has 0 aliphatic heterocycles. The van der Waals surface area contributed by atoms with Crippen LogP contribution in [0, 0.1) is 5.92 Å². The Labute approximate surface area is 106 Å². The average Bonchev–Trinajstić information content (AvgIpc) is 2.36. The zero-order valence-electron chi connectivity index (χ0n) is 10.6. The van der Waals surface area contributed by atoms with Gasteiger partial charge in [0, 0.05) is 20.6 Å². The minimum Gasteiger partial charge on any atom is -0.393 e. The first-order valence-electron chi connectivity index (χ1n) is 6.03. The van der Waals surface area contributed by atoms with Gasteiger partial charge in [0.05, 0.1) is 18.5 Å². The molecular weight excluding hydrogens is 232 g/mol. The number of aliphatic hydroxyl groups is 1. The van der Waals surface area contributed by atoms with Gasteiger partial charge < -0.3 is 15.3 Å². The van der Waals surface area contributed by atoms with E-state index in [9.17, 15) is 9.90 Å². The van der Waals surface area contributed by atoms with Crippen LogP contribution in [0.3, 0.4) is 0 Å². The molecule has 2 N–H and O–H groups in total. The van der Waals surface area contributed by atoms with Crippen LogP contribution in [0.5, 0.6) is 0 Å². The number of anilines is 1. The molecule has 0 bridgehead atoms. The normalized spacial score (nSPS) is 22.2. The minimum absolute atomic E-state index is 0.133. The SMILES string of the molecule is CNc1cnc(C(=O)N(C)CC2CC(O)C2)cn1. The number of carbonyl (C=O) groups is 1. The predicted molar refractivity (Wildman–Crippen MR) is 67.3 cm³/mol. The standard InChI is InChI=1S/C12H18N4O2/c1-13-11-6-14-10(5-15-11)12(18)16(2)7-8-3-9(17)4-8/h5-6,8-9,17H,3-4,7H2,1-2H3,(H,13,15). The van der Waals surface area contributed by atoms with Gasteiger partial charge in [0.25, 0.3) is 5.91 Å². The summed E-state index contributed by atoms with van der Waals surface area (Å²) < 4.78 is 0. The molecule has 6 heteroatoms. The second-order valence-corrected chi connectivity index (χ2v) is 4.71. The van der Waals surface area contributed by atoms with Gasteiger partial charge >= 0.3 is 0 Å². The molecule has 6 nitrogen and oxygen atoms in total. The van der Waals surface area contributed by atoms with Crippen LogP contribution in [-0.2, 0) is 0 Å². The summed E-state index contributed by atoms with van der Waals surface area (Å²) in [7, 11) is 3.50. The number of nitrogens with zero attached hydrogens (tertiary/aromatic N) is 3. The van der Waals surface area contributed by atoms with Gasteiger partial charge in [-0.25, -0.2) is 9.97 Å². The third-order valence-corrected chi connectivity index (χ3v) is 3.22. The highest BCUT2D eigenvalue weighted by atomic mass is 16.3. The lowest BCUT2D eigenvalue weighted by Gasteiger charge is -2.34. The van der Waals surface area contributed by atoms with Crippen molar-refractivity contribution in [3.05, 3.63) is 18.1 Å². The lowest BCUT2D eigenvalue weighted by Crippen LogP contribution is -2.39. The summed E-state index contributed by atoms with van der Waals surface area (Å²) >= 11 is 0. The third kappa shape index (κ3) is 2.76. The molecule has 1 aromatic rings. The fourth-order valence-electron chi connectivity index (χ4n) is 2.08. The third-order valence-electron chi connectivity index (χ3n) is 3.22. The van der Waals surface area contributed by atoms with Crippen LogP contribution in [-0.4, -0.2) is 52.6 Å². The van der Waals surface area contributed by atoms with Gasteiger partial charge in [0.2, 0.25) is 0 Å². The second kappa shape index (κ2) is 5.30. The molecule has 0 atom stereocenters. The Morgan fingerprint density at radius 2 is 2.22 bits per heavy atom. The summed E-state index contributed by atoms with van der Waals surface area (Å²) in [5.74, 6) is 0.904. The van der Waals surface area contributed by atoms with E-state index in [4.69, 9.17) is 0 Å². The molecule has 0 aromatic carbocycles. The fourth-order valence-corrected chi connectivity index (χ4v) is 2.08. The average molecular weight is 250 g/mol. The van der Waals surface area contributed by atoms with Gasteiger partial charge in [-0.2, -0.15) is 0 Å².